The summed E-state index contributed by atoms with van der Waals surface area (Å²) in [6.07, 6.45) is -0.0902. The van der Waals surface area contributed by atoms with E-state index in [1.165, 1.54) is 11.0 Å². The highest BCUT2D eigenvalue weighted by atomic mass is 16.6. The highest BCUT2D eigenvalue weighted by Crippen LogP contribution is 2.21. The lowest BCUT2D eigenvalue weighted by molar-refractivity contribution is -0.385. The van der Waals surface area contributed by atoms with Crippen molar-refractivity contribution in [1.82, 2.24) is 15.0 Å². The molecule has 0 N–H and O–H groups in total. The molecule has 0 atom stereocenters. The third kappa shape index (κ3) is 4.32. The lowest BCUT2D eigenvalue weighted by atomic mass is 10.1. The molecule has 0 saturated heterocycles. The Bertz CT molecular complexity index is 984. The number of amides is 1. The molecule has 144 valence electrons. The van der Waals surface area contributed by atoms with Crippen LogP contribution in [-0.2, 0) is 17.8 Å². The molecule has 0 spiro atoms. The van der Waals surface area contributed by atoms with Gasteiger partial charge in [-0.05, 0) is 24.3 Å². The standard InChI is InChI=1S/C19H18N4O5/c1-22(18(24)11-14-5-3-4-6-16(14)23(25)26)12-17-20-19(21-28-17)13-7-9-15(27-2)10-8-13/h3-10H,11-12H2,1-2H3. The predicted octanol–water partition coefficient (Wildman–Crippen LogP) is 2.85. The molecular weight excluding hydrogens is 364 g/mol. The molecule has 1 aromatic heterocycles. The normalized spacial score (nSPS) is 10.5. The number of methoxy groups -OCH3 is 1. The van der Waals surface area contributed by atoms with Crippen molar-refractivity contribution < 1.29 is 19.0 Å². The first kappa shape index (κ1) is 19.0. The number of nitrogens with zero attached hydrogens (tertiary/aromatic N) is 4. The van der Waals surface area contributed by atoms with E-state index < -0.39 is 4.92 Å². The molecule has 2 aromatic carbocycles. The summed E-state index contributed by atoms with van der Waals surface area (Å²) < 4.78 is 10.3. The number of carbonyl (C=O) groups excluding carboxylic acids is 1. The minimum atomic E-state index is -0.498. The van der Waals surface area contributed by atoms with E-state index in [0.717, 1.165) is 5.56 Å². The minimum Gasteiger partial charge on any atom is -0.497 e. The SMILES string of the molecule is COc1ccc(-c2noc(CN(C)C(=O)Cc3ccccc3[N+](=O)[O-])n2)cc1. The Labute approximate surface area is 160 Å². The first-order valence-electron chi connectivity index (χ1n) is 8.41. The van der Waals surface area contributed by atoms with E-state index in [2.05, 4.69) is 10.1 Å². The highest BCUT2D eigenvalue weighted by Gasteiger charge is 2.19. The van der Waals surface area contributed by atoms with Gasteiger partial charge in [0.25, 0.3) is 5.69 Å². The zero-order chi connectivity index (χ0) is 20.1. The van der Waals surface area contributed by atoms with E-state index in [1.807, 2.05) is 0 Å². The van der Waals surface area contributed by atoms with Gasteiger partial charge in [0.1, 0.15) is 5.75 Å². The minimum absolute atomic E-state index is 0.0798. The molecule has 28 heavy (non-hydrogen) atoms. The van der Waals surface area contributed by atoms with E-state index in [0.29, 0.717) is 17.1 Å². The molecule has 1 amide bonds. The average Bonchev–Trinajstić information content (AvgIpc) is 3.16. The quantitative estimate of drug-likeness (QED) is 0.456. The molecule has 0 aliphatic heterocycles. The highest BCUT2D eigenvalue weighted by molar-refractivity contribution is 5.79. The molecule has 3 rings (SSSR count). The van der Waals surface area contributed by atoms with Gasteiger partial charge in [0, 0.05) is 24.2 Å². The van der Waals surface area contributed by atoms with Crippen molar-refractivity contribution >= 4 is 11.6 Å². The Morgan fingerprint density at radius 2 is 1.93 bits per heavy atom. The second-order valence-electron chi connectivity index (χ2n) is 6.05. The number of benzene rings is 2. The summed E-state index contributed by atoms with van der Waals surface area (Å²) in [5, 5.41) is 15.0. The van der Waals surface area contributed by atoms with Gasteiger partial charge in [-0.1, -0.05) is 23.4 Å². The topological polar surface area (TPSA) is 112 Å². The molecule has 0 aliphatic carbocycles. The molecule has 9 heteroatoms. The fourth-order valence-electron chi connectivity index (χ4n) is 2.60. The summed E-state index contributed by atoms with van der Waals surface area (Å²) >= 11 is 0. The maximum Gasteiger partial charge on any atom is 0.273 e. The van der Waals surface area contributed by atoms with Crippen LogP contribution in [0.5, 0.6) is 5.75 Å². The predicted molar refractivity (Wildman–Crippen MR) is 99.6 cm³/mol. The zero-order valence-electron chi connectivity index (χ0n) is 15.4. The van der Waals surface area contributed by atoms with Crippen LogP contribution in [0, 0.1) is 10.1 Å². The van der Waals surface area contributed by atoms with Crippen molar-refractivity contribution in [1.29, 1.82) is 0 Å². The van der Waals surface area contributed by atoms with Crippen LogP contribution in [0.2, 0.25) is 0 Å². The molecule has 0 unspecified atom stereocenters. The number of carbonyl (C=O) groups is 1. The van der Waals surface area contributed by atoms with Crippen LogP contribution >= 0.6 is 0 Å². The Hall–Kier alpha value is -3.75. The van der Waals surface area contributed by atoms with E-state index >= 15 is 0 Å². The average molecular weight is 382 g/mol. The van der Waals surface area contributed by atoms with Crippen LogP contribution < -0.4 is 4.74 Å². The van der Waals surface area contributed by atoms with Crippen LogP contribution in [0.25, 0.3) is 11.4 Å². The first-order chi connectivity index (χ1) is 13.5. The molecule has 0 aliphatic rings. The number of nitro groups is 1. The lowest BCUT2D eigenvalue weighted by Gasteiger charge is -2.14. The number of ether oxygens (including phenoxy) is 1. The molecule has 0 bridgehead atoms. The second kappa shape index (κ2) is 8.30. The van der Waals surface area contributed by atoms with Crippen molar-refractivity contribution in [3.05, 3.63) is 70.1 Å². The summed E-state index contributed by atoms with van der Waals surface area (Å²) in [5.41, 5.74) is 1.03. The van der Waals surface area contributed by atoms with Gasteiger partial charge < -0.3 is 14.2 Å². The van der Waals surface area contributed by atoms with Gasteiger partial charge in [-0.15, -0.1) is 0 Å². The van der Waals surface area contributed by atoms with Gasteiger partial charge in [0.2, 0.25) is 17.6 Å². The molecule has 1 heterocycles. The Morgan fingerprint density at radius 1 is 1.21 bits per heavy atom. The van der Waals surface area contributed by atoms with Crippen molar-refractivity contribution in [3.8, 4) is 17.1 Å². The zero-order valence-corrected chi connectivity index (χ0v) is 15.4. The lowest BCUT2D eigenvalue weighted by Crippen LogP contribution is -2.28. The van der Waals surface area contributed by atoms with Crippen LogP contribution in [0.4, 0.5) is 5.69 Å². The maximum atomic E-state index is 12.4. The Kier molecular flexibility index (Phi) is 5.64. The van der Waals surface area contributed by atoms with Crippen molar-refractivity contribution in [3.63, 3.8) is 0 Å². The molecular formula is C19H18N4O5. The third-order valence-corrected chi connectivity index (χ3v) is 4.14. The van der Waals surface area contributed by atoms with Crippen LogP contribution in [0.3, 0.4) is 0 Å². The number of nitro benzene ring substituents is 1. The number of para-hydroxylation sites is 1. The van der Waals surface area contributed by atoms with Crippen LogP contribution in [0.15, 0.2) is 53.1 Å². The van der Waals surface area contributed by atoms with Gasteiger partial charge in [-0.2, -0.15) is 4.98 Å². The smallest absolute Gasteiger partial charge is 0.273 e. The van der Waals surface area contributed by atoms with Gasteiger partial charge in [0.15, 0.2) is 0 Å². The number of likely N-dealkylation sites (N-methyl/N-ethyl adjacent to an activating group) is 1. The fourth-order valence-corrected chi connectivity index (χ4v) is 2.60. The Morgan fingerprint density at radius 3 is 2.61 bits per heavy atom. The van der Waals surface area contributed by atoms with E-state index in [4.69, 9.17) is 9.26 Å². The number of rotatable bonds is 7. The summed E-state index contributed by atoms with van der Waals surface area (Å²) in [6, 6.07) is 13.3. The van der Waals surface area contributed by atoms with Crippen molar-refractivity contribution in [2.24, 2.45) is 0 Å². The maximum absolute atomic E-state index is 12.4. The van der Waals surface area contributed by atoms with Gasteiger partial charge >= 0.3 is 0 Å². The largest absolute Gasteiger partial charge is 0.497 e. The number of aromatic nitrogens is 2. The second-order valence-corrected chi connectivity index (χ2v) is 6.05. The van der Waals surface area contributed by atoms with E-state index in [1.54, 1.807) is 56.6 Å². The summed E-state index contributed by atoms with van der Waals surface area (Å²) in [5.74, 6) is 1.09. The summed E-state index contributed by atoms with van der Waals surface area (Å²) in [4.78, 5) is 28.7. The summed E-state index contributed by atoms with van der Waals surface area (Å²) in [6.45, 7) is 0.0998. The molecule has 0 saturated carbocycles. The van der Waals surface area contributed by atoms with Gasteiger partial charge in [-0.3, -0.25) is 14.9 Å². The number of hydrogen-bond acceptors (Lipinski definition) is 7. The van der Waals surface area contributed by atoms with Crippen LogP contribution in [0.1, 0.15) is 11.5 Å². The summed E-state index contributed by atoms with van der Waals surface area (Å²) in [7, 11) is 3.16. The van der Waals surface area contributed by atoms with Crippen molar-refractivity contribution in [2.45, 2.75) is 13.0 Å². The molecule has 3 aromatic rings. The third-order valence-electron chi connectivity index (χ3n) is 4.14. The Balaban J connectivity index is 1.66. The van der Waals surface area contributed by atoms with Gasteiger partial charge in [-0.25, -0.2) is 0 Å². The van der Waals surface area contributed by atoms with E-state index in [-0.39, 0.29) is 30.5 Å². The molecule has 0 fully saturated rings. The first-order valence-corrected chi connectivity index (χ1v) is 8.41. The fraction of sp³-hybridized carbons (Fsp3) is 0.211. The van der Waals surface area contributed by atoms with Crippen molar-refractivity contribution in [2.75, 3.05) is 14.2 Å². The van der Waals surface area contributed by atoms with Crippen LogP contribution in [-0.4, -0.2) is 40.0 Å². The van der Waals surface area contributed by atoms with E-state index in [9.17, 15) is 14.9 Å². The molecule has 9 nitrogen and oxygen atoms in total. The number of hydrogen-bond donors (Lipinski definition) is 0. The monoisotopic (exact) mass is 382 g/mol. The van der Waals surface area contributed by atoms with Gasteiger partial charge in [0.05, 0.1) is 25.0 Å². The molecule has 0 radical (unpaired) electrons.